The predicted molar refractivity (Wildman–Crippen MR) is 87.1 cm³/mol. The Kier molecular flexibility index (Phi) is 4.31. The molecule has 1 amide bonds. The van der Waals surface area contributed by atoms with Crippen molar-refractivity contribution in [1.29, 1.82) is 5.26 Å². The second-order valence-corrected chi connectivity index (χ2v) is 5.62. The topological polar surface area (TPSA) is 109 Å². The summed E-state index contributed by atoms with van der Waals surface area (Å²) < 4.78 is 5.65. The fraction of sp³-hybridized carbons (Fsp3) is 0.235. The standard InChI is InChI=1S/C17H14N4O4/c1-11-14(5-2-6-15(11)21(23)24)17(22)20-9-13(10-20)25-16-12(8-18)4-3-7-19-16/h2-7,13H,9-10H2,1H3. The highest BCUT2D eigenvalue weighted by atomic mass is 16.6. The van der Waals surface area contributed by atoms with Gasteiger partial charge >= 0.3 is 0 Å². The molecule has 1 aliphatic rings. The van der Waals surface area contributed by atoms with Crippen molar-refractivity contribution in [3.8, 4) is 11.9 Å². The lowest BCUT2D eigenvalue weighted by Gasteiger charge is -2.38. The zero-order chi connectivity index (χ0) is 18.0. The molecule has 0 atom stereocenters. The number of pyridine rings is 1. The summed E-state index contributed by atoms with van der Waals surface area (Å²) in [6, 6.07) is 9.70. The maximum absolute atomic E-state index is 12.5. The van der Waals surface area contributed by atoms with Crippen LogP contribution in [0.3, 0.4) is 0 Å². The number of rotatable bonds is 4. The van der Waals surface area contributed by atoms with Crippen LogP contribution in [0.2, 0.25) is 0 Å². The number of hydrogen-bond acceptors (Lipinski definition) is 6. The van der Waals surface area contributed by atoms with Crippen molar-refractivity contribution >= 4 is 11.6 Å². The van der Waals surface area contributed by atoms with Crippen LogP contribution in [0.25, 0.3) is 0 Å². The van der Waals surface area contributed by atoms with E-state index in [-0.39, 0.29) is 23.6 Å². The fourth-order valence-electron chi connectivity index (χ4n) is 2.63. The minimum absolute atomic E-state index is 0.0775. The molecule has 0 bridgehead atoms. The van der Waals surface area contributed by atoms with Gasteiger partial charge in [0.05, 0.1) is 18.0 Å². The number of nitriles is 1. The Labute approximate surface area is 143 Å². The first kappa shape index (κ1) is 16.4. The zero-order valence-corrected chi connectivity index (χ0v) is 13.4. The predicted octanol–water partition coefficient (Wildman–Crippen LogP) is 2.07. The van der Waals surface area contributed by atoms with Gasteiger partial charge in [-0.25, -0.2) is 4.98 Å². The van der Waals surface area contributed by atoms with Crippen molar-refractivity contribution in [3.05, 3.63) is 63.3 Å². The number of likely N-dealkylation sites (tertiary alicyclic amines) is 1. The smallest absolute Gasteiger partial charge is 0.273 e. The summed E-state index contributed by atoms with van der Waals surface area (Å²) in [6.07, 6.45) is 1.27. The molecule has 0 saturated carbocycles. The molecule has 1 fully saturated rings. The van der Waals surface area contributed by atoms with Gasteiger partial charge in [-0.3, -0.25) is 14.9 Å². The molecule has 8 heteroatoms. The number of carbonyl (C=O) groups excluding carboxylic acids is 1. The van der Waals surface area contributed by atoms with E-state index < -0.39 is 4.92 Å². The minimum Gasteiger partial charge on any atom is -0.470 e. The zero-order valence-electron chi connectivity index (χ0n) is 13.4. The first-order chi connectivity index (χ1) is 12.0. The van der Waals surface area contributed by atoms with Gasteiger partial charge in [0.25, 0.3) is 11.6 Å². The van der Waals surface area contributed by atoms with Gasteiger partial charge in [0.2, 0.25) is 5.88 Å². The van der Waals surface area contributed by atoms with Crippen LogP contribution in [-0.2, 0) is 0 Å². The lowest BCUT2D eigenvalue weighted by atomic mass is 10.0. The first-order valence-corrected chi connectivity index (χ1v) is 7.56. The number of nitrogens with zero attached hydrogens (tertiary/aromatic N) is 4. The lowest BCUT2D eigenvalue weighted by Crippen LogP contribution is -2.56. The van der Waals surface area contributed by atoms with Gasteiger partial charge in [0.1, 0.15) is 17.7 Å². The van der Waals surface area contributed by atoms with Crippen molar-refractivity contribution in [2.24, 2.45) is 0 Å². The van der Waals surface area contributed by atoms with Crippen molar-refractivity contribution in [3.63, 3.8) is 0 Å². The largest absolute Gasteiger partial charge is 0.470 e. The number of nitro groups is 1. The normalized spacial score (nSPS) is 13.7. The fourth-order valence-corrected chi connectivity index (χ4v) is 2.63. The Balaban J connectivity index is 1.67. The van der Waals surface area contributed by atoms with E-state index in [2.05, 4.69) is 4.98 Å². The third-order valence-electron chi connectivity index (χ3n) is 4.04. The Hall–Kier alpha value is -3.47. The van der Waals surface area contributed by atoms with Gasteiger partial charge in [-0.15, -0.1) is 0 Å². The molecule has 25 heavy (non-hydrogen) atoms. The molecule has 2 aromatic rings. The number of hydrogen-bond donors (Lipinski definition) is 0. The molecule has 3 rings (SSSR count). The van der Waals surface area contributed by atoms with Crippen LogP contribution in [0.1, 0.15) is 21.5 Å². The number of benzene rings is 1. The number of aromatic nitrogens is 1. The van der Waals surface area contributed by atoms with Crippen molar-refractivity contribution < 1.29 is 14.5 Å². The molecule has 0 unspecified atom stereocenters. The molecule has 0 aliphatic carbocycles. The Morgan fingerprint density at radius 3 is 2.84 bits per heavy atom. The number of amides is 1. The molecule has 1 aromatic carbocycles. The quantitative estimate of drug-likeness (QED) is 0.623. The molecule has 0 radical (unpaired) electrons. The van der Waals surface area contributed by atoms with Gasteiger partial charge in [-0.05, 0) is 25.1 Å². The molecular formula is C17H14N4O4. The summed E-state index contributed by atoms with van der Waals surface area (Å²) in [5.41, 5.74) is 0.912. The van der Waals surface area contributed by atoms with Crippen LogP contribution < -0.4 is 4.74 Å². The number of nitro benzene ring substituents is 1. The van der Waals surface area contributed by atoms with E-state index >= 15 is 0 Å². The summed E-state index contributed by atoms with van der Waals surface area (Å²) >= 11 is 0. The molecule has 1 saturated heterocycles. The van der Waals surface area contributed by atoms with Crippen molar-refractivity contribution in [2.45, 2.75) is 13.0 Å². The maximum atomic E-state index is 12.5. The summed E-state index contributed by atoms with van der Waals surface area (Å²) in [5.74, 6) is -0.0313. The first-order valence-electron chi connectivity index (χ1n) is 7.56. The van der Waals surface area contributed by atoms with Gasteiger partial charge in [0.15, 0.2) is 0 Å². The second-order valence-electron chi connectivity index (χ2n) is 5.62. The SMILES string of the molecule is Cc1c(C(=O)N2CC(Oc3ncccc3C#N)C2)cccc1[N+](=O)[O-]. The number of carbonyl (C=O) groups is 1. The summed E-state index contributed by atoms with van der Waals surface area (Å²) in [7, 11) is 0. The van der Waals surface area contributed by atoms with E-state index in [1.807, 2.05) is 6.07 Å². The van der Waals surface area contributed by atoms with Crippen LogP contribution in [-0.4, -0.2) is 39.9 Å². The van der Waals surface area contributed by atoms with E-state index in [0.29, 0.717) is 29.8 Å². The highest BCUT2D eigenvalue weighted by Crippen LogP contribution is 2.25. The van der Waals surface area contributed by atoms with Crippen molar-refractivity contribution in [2.75, 3.05) is 13.1 Å². The molecule has 1 aromatic heterocycles. The molecule has 8 nitrogen and oxygen atoms in total. The van der Waals surface area contributed by atoms with E-state index in [1.165, 1.54) is 18.3 Å². The second kappa shape index (κ2) is 6.57. The van der Waals surface area contributed by atoms with E-state index in [4.69, 9.17) is 10.00 Å². The summed E-state index contributed by atoms with van der Waals surface area (Å²) in [6.45, 7) is 2.23. The third kappa shape index (κ3) is 3.12. The summed E-state index contributed by atoms with van der Waals surface area (Å²) in [4.78, 5) is 28.6. The average Bonchev–Trinajstić information content (AvgIpc) is 2.57. The molecule has 1 aliphatic heterocycles. The van der Waals surface area contributed by atoms with Crippen LogP contribution >= 0.6 is 0 Å². The molecule has 0 N–H and O–H groups in total. The van der Waals surface area contributed by atoms with Crippen LogP contribution in [0.15, 0.2) is 36.5 Å². The highest BCUT2D eigenvalue weighted by molar-refractivity contribution is 5.97. The van der Waals surface area contributed by atoms with Gasteiger partial charge in [-0.1, -0.05) is 6.07 Å². The average molecular weight is 338 g/mol. The molecule has 126 valence electrons. The molecular weight excluding hydrogens is 324 g/mol. The van der Waals surface area contributed by atoms with Crippen LogP contribution in [0, 0.1) is 28.4 Å². The lowest BCUT2D eigenvalue weighted by molar-refractivity contribution is -0.385. The van der Waals surface area contributed by atoms with Crippen LogP contribution in [0.5, 0.6) is 5.88 Å². The minimum atomic E-state index is -0.501. The van der Waals surface area contributed by atoms with Crippen LogP contribution in [0.4, 0.5) is 5.69 Å². The number of ether oxygens (including phenoxy) is 1. The third-order valence-corrected chi connectivity index (χ3v) is 4.04. The molecule has 2 heterocycles. The van der Waals surface area contributed by atoms with Gasteiger partial charge in [0, 0.05) is 23.4 Å². The van der Waals surface area contributed by atoms with E-state index in [9.17, 15) is 14.9 Å². The maximum Gasteiger partial charge on any atom is 0.273 e. The van der Waals surface area contributed by atoms with Crippen molar-refractivity contribution in [1.82, 2.24) is 9.88 Å². The monoisotopic (exact) mass is 338 g/mol. The Bertz CT molecular complexity index is 884. The Morgan fingerprint density at radius 2 is 2.16 bits per heavy atom. The Morgan fingerprint density at radius 1 is 1.40 bits per heavy atom. The highest BCUT2D eigenvalue weighted by Gasteiger charge is 2.34. The summed E-state index contributed by atoms with van der Waals surface area (Å²) in [5, 5.41) is 20.0. The van der Waals surface area contributed by atoms with E-state index in [1.54, 1.807) is 30.0 Å². The van der Waals surface area contributed by atoms with E-state index in [0.717, 1.165) is 0 Å². The van der Waals surface area contributed by atoms with Gasteiger partial charge < -0.3 is 9.64 Å². The molecule has 0 spiro atoms. The van der Waals surface area contributed by atoms with Gasteiger partial charge in [-0.2, -0.15) is 5.26 Å².